The van der Waals surface area contributed by atoms with Crippen LogP contribution >= 0.6 is 28.1 Å². The third-order valence-electron chi connectivity index (χ3n) is 4.38. The molecule has 1 heterocycles. The molecule has 1 aromatic heterocycles. The minimum atomic E-state index is -0.339. The second-order valence-corrected chi connectivity index (χ2v) is 7.92. The van der Waals surface area contributed by atoms with Crippen molar-refractivity contribution >= 4 is 67.4 Å². The van der Waals surface area contributed by atoms with E-state index in [0.29, 0.717) is 22.5 Å². The van der Waals surface area contributed by atoms with Crippen molar-refractivity contribution in [3.63, 3.8) is 0 Å². The fraction of sp³-hybridized carbons (Fsp3) is 0. The van der Waals surface area contributed by atoms with Gasteiger partial charge in [-0.05, 0) is 72.9 Å². The first-order chi connectivity index (χ1) is 15.0. The van der Waals surface area contributed by atoms with Crippen molar-refractivity contribution in [3.05, 3.63) is 94.7 Å². The quantitative estimate of drug-likeness (QED) is 0.323. The Bertz CT molecular complexity index is 1230. The number of furan rings is 1. The molecule has 0 aliphatic heterocycles. The number of anilines is 2. The Balaban J connectivity index is 1.34. The fourth-order valence-corrected chi connectivity index (χ4v) is 3.34. The molecule has 3 N–H and O–H groups in total. The summed E-state index contributed by atoms with van der Waals surface area (Å²) in [5.41, 5.74) is 2.42. The molecule has 0 aliphatic rings. The number of para-hydroxylation sites is 1. The van der Waals surface area contributed by atoms with E-state index in [1.807, 2.05) is 24.3 Å². The predicted molar refractivity (Wildman–Crippen MR) is 128 cm³/mol. The number of carbonyl (C=O) groups excluding carboxylic acids is 2. The molecular formula is C23H16BrN3O3S. The normalized spacial score (nSPS) is 10.5. The smallest absolute Gasteiger partial charge is 0.291 e. The maximum Gasteiger partial charge on any atom is 0.291 e. The van der Waals surface area contributed by atoms with Gasteiger partial charge in [0.2, 0.25) is 0 Å². The van der Waals surface area contributed by atoms with Crippen LogP contribution in [0.3, 0.4) is 0 Å². The Kier molecular flexibility index (Phi) is 6.11. The molecule has 6 nitrogen and oxygen atoms in total. The molecule has 0 saturated carbocycles. The summed E-state index contributed by atoms with van der Waals surface area (Å²) in [6.07, 6.45) is 0. The average molecular weight is 494 g/mol. The number of halogens is 1. The molecule has 0 saturated heterocycles. The van der Waals surface area contributed by atoms with E-state index < -0.39 is 0 Å². The molecule has 0 spiro atoms. The molecule has 0 unspecified atom stereocenters. The Hall–Kier alpha value is -3.49. The predicted octanol–water partition coefficient (Wildman–Crippen LogP) is 5.57. The van der Waals surface area contributed by atoms with E-state index >= 15 is 0 Å². The number of nitrogens with one attached hydrogen (secondary N) is 3. The molecule has 0 fully saturated rings. The minimum Gasteiger partial charge on any atom is -0.451 e. The third kappa shape index (κ3) is 5.17. The van der Waals surface area contributed by atoms with Gasteiger partial charge in [-0.1, -0.05) is 34.1 Å². The Labute approximate surface area is 191 Å². The SMILES string of the molecule is O=C(NC(=S)Nc1ccc(NC(=O)c2cc3ccccc3o2)cc1)c1ccc(Br)cc1. The Morgan fingerprint density at radius 3 is 2.13 bits per heavy atom. The van der Waals surface area contributed by atoms with Gasteiger partial charge in [-0.3, -0.25) is 14.9 Å². The summed E-state index contributed by atoms with van der Waals surface area (Å²) in [5, 5.41) is 9.40. The highest BCUT2D eigenvalue weighted by atomic mass is 79.9. The molecule has 8 heteroatoms. The summed E-state index contributed by atoms with van der Waals surface area (Å²) >= 11 is 8.53. The van der Waals surface area contributed by atoms with Crippen molar-refractivity contribution in [2.75, 3.05) is 10.6 Å². The van der Waals surface area contributed by atoms with Crippen molar-refractivity contribution in [1.82, 2.24) is 5.32 Å². The van der Waals surface area contributed by atoms with Gasteiger partial charge in [0.15, 0.2) is 10.9 Å². The topological polar surface area (TPSA) is 83.4 Å². The van der Waals surface area contributed by atoms with Crippen LogP contribution in [0.25, 0.3) is 11.0 Å². The van der Waals surface area contributed by atoms with Crippen LogP contribution in [-0.4, -0.2) is 16.9 Å². The number of amides is 2. The van der Waals surface area contributed by atoms with E-state index in [9.17, 15) is 9.59 Å². The number of hydrogen-bond acceptors (Lipinski definition) is 4. The zero-order valence-electron chi connectivity index (χ0n) is 16.0. The highest BCUT2D eigenvalue weighted by Gasteiger charge is 2.12. The van der Waals surface area contributed by atoms with Crippen molar-refractivity contribution in [3.8, 4) is 0 Å². The highest BCUT2D eigenvalue weighted by molar-refractivity contribution is 9.10. The van der Waals surface area contributed by atoms with Crippen molar-refractivity contribution in [2.45, 2.75) is 0 Å². The van der Waals surface area contributed by atoms with Crippen molar-refractivity contribution in [2.24, 2.45) is 0 Å². The second kappa shape index (κ2) is 9.11. The zero-order valence-corrected chi connectivity index (χ0v) is 18.4. The van der Waals surface area contributed by atoms with E-state index in [1.165, 1.54) is 0 Å². The molecule has 4 rings (SSSR count). The Morgan fingerprint density at radius 1 is 0.806 bits per heavy atom. The first-order valence-corrected chi connectivity index (χ1v) is 10.5. The van der Waals surface area contributed by atoms with Gasteiger partial charge in [-0.25, -0.2) is 0 Å². The molecule has 0 radical (unpaired) electrons. The van der Waals surface area contributed by atoms with Crippen LogP contribution in [0.15, 0.2) is 87.8 Å². The molecular weight excluding hydrogens is 478 g/mol. The molecule has 31 heavy (non-hydrogen) atoms. The summed E-state index contributed by atoms with van der Waals surface area (Å²) in [6, 6.07) is 23.0. The maximum absolute atomic E-state index is 12.4. The number of rotatable bonds is 4. The van der Waals surface area contributed by atoms with Crippen LogP contribution in [0.1, 0.15) is 20.9 Å². The first-order valence-electron chi connectivity index (χ1n) is 9.26. The van der Waals surface area contributed by atoms with Crippen molar-refractivity contribution in [1.29, 1.82) is 0 Å². The van der Waals surface area contributed by atoms with Gasteiger partial charge in [-0.15, -0.1) is 0 Å². The van der Waals surface area contributed by atoms with Gasteiger partial charge < -0.3 is 15.1 Å². The molecule has 0 atom stereocenters. The van der Waals surface area contributed by atoms with E-state index in [0.717, 1.165) is 9.86 Å². The van der Waals surface area contributed by atoms with Gasteiger partial charge in [0.25, 0.3) is 11.8 Å². The lowest BCUT2D eigenvalue weighted by Gasteiger charge is -2.10. The van der Waals surface area contributed by atoms with Crippen LogP contribution in [0.5, 0.6) is 0 Å². The standard InChI is InChI=1S/C23H16BrN3O3S/c24-16-7-5-14(6-8-16)21(28)27-23(31)26-18-11-9-17(10-12-18)25-22(29)20-13-15-3-1-2-4-19(15)30-20/h1-13H,(H,25,29)(H2,26,27,28,31). The third-order valence-corrected chi connectivity index (χ3v) is 5.12. The van der Waals surface area contributed by atoms with E-state index in [2.05, 4.69) is 31.9 Å². The van der Waals surface area contributed by atoms with Gasteiger partial charge in [0.1, 0.15) is 5.58 Å². The Morgan fingerprint density at radius 2 is 1.45 bits per heavy atom. The lowest BCUT2D eigenvalue weighted by atomic mass is 10.2. The van der Waals surface area contributed by atoms with Crippen molar-refractivity contribution < 1.29 is 14.0 Å². The van der Waals surface area contributed by atoms with Crippen LogP contribution in [0, 0.1) is 0 Å². The largest absolute Gasteiger partial charge is 0.451 e. The zero-order chi connectivity index (χ0) is 21.8. The second-order valence-electron chi connectivity index (χ2n) is 6.60. The molecule has 2 amide bonds. The highest BCUT2D eigenvalue weighted by Crippen LogP contribution is 2.20. The van der Waals surface area contributed by atoms with E-state index in [1.54, 1.807) is 54.6 Å². The summed E-state index contributed by atoms with van der Waals surface area (Å²) in [4.78, 5) is 24.7. The molecule has 0 aliphatic carbocycles. The fourth-order valence-electron chi connectivity index (χ4n) is 2.86. The summed E-state index contributed by atoms with van der Waals surface area (Å²) in [6.45, 7) is 0. The average Bonchev–Trinajstić information content (AvgIpc) is 3.20. The number of thiocarbonyl (C=S) groups is 1. The molecule has 0 bridgehead atoms. The summed E-state index contributed by atoms with van der Waals surface area (Å²) < 4.78 is 6.46. The molecule has 4 aromatic rings. The minimum absolute atomic E-state index is 0.173. The number of benzene rings is 3. The van der Waals surface area contributed by atoms with Crippen LogP contribution < -0.4 is 16.0 Å². The lowest BCUT2D eigenvalue weighted by molar-refractivity contribution is 0.0975. The van der Waals surface area contributed by atoms with E-state index in [-0.39, 0.29) is 22.7 Å². The molecule has 3 aromatic carbocycles. The number of hydrogen-bond donors (Lipinski definition) is 3. The summed E-state index contributed by atoms with van der Waals surface area (Å²) in [5.74, 6) is -0.408. The van der Waals surface area contributed by atoms with Gasteiger partial charge in [-0.2, -0.15) is 0 Å². The van der Waals surface area contributed by atoms with Gasteiger partial charge >= 0.3 is 0 Å². The van der Waals surface area contributed by atoms with Crippen LogP contribution in [0.2, 0.25) is 0 Å². The summed E-state index contributed by atoms with van der Waals surface area (Å²) in [7, 11) is 0. The van der Waals surface area contributed by atoms with Gasteiger partial charge in [0, 0.05) is 26.8 Å². The van der Waals surface area contributed by atoms with Gasteiger partial charge in [0.05, 0.1) is 0 Å². The maximum atomic E-state index is 12.4. The molecule has 154 valence electrons. The first kappa shape index (κ1) is 20.8. The van der Waals surface area contributed by atoms with Crippen LogP contribution in [0.4, 0.5) is 11.4 Å². The lowest BCUT2D eigenvalue weighted by Crippen LogP contribution is -2.34. The number of carbonyl (C=O) groups is 2. The van der Waals surface area contributed by atoms with Crippen LogP contribution in [-0.2, 0) is 0 Å². The van der Waals surface area contributed by atoms with E-state index in [4.69, 9.17) is 16.6 Å². The number of fused-ring (bicyclic) bond motifs is 1. The monoisotopic (exact) mass is 493 g/mol.